The van der Waals surface area contributed by atoms with Crippen molar-refractivity contribution in [3.05, 3.63) is 34.2 Å². The molecule has 1 saturated carbocycles. The highest BCUT2D eigenvalue weighted by atomic mass is 79.9. The summed E-state index contributed by atoms with van der Waals surface area (Å²) in [6.07, 6.45) is 3.88. The number of carbonyl (C=O) groups excluding carboxylic acids is 4. The zero-order valence-electron chi connectivity index (χ0n) is 19.3. The monoisotopic (exact) mass is 550 g/mol. The Labute approximate surface area is 210 Å². The van der Waals surface area contributed by atoms with Crippen molar-refractivity contribution >= 4 is 50.5 Å². The molecular weight excluding hydrogens is 523 g/mol. The van der Waals surface area contributed by atoms with E-state index in [0.717, 1.165) is 19.3 Å². The van der Waals surface area contributed by atoms with E-state index in [1.165, 1.54) is 13.2 Å². The number of esters is 1. The third-order valence-electron chi connectivity index (χ3n) is 6.54. The van der Waals surface area contributed by atoms with Crippen molar-refractivity contribution in [2.24, 2.45) is 11.8 Å². The average Bonchev–Trinajstić information content (AvgIpc) is 3.55. The molecule has 188 valence electrons. The van der Waals surface area contributed by atoms with Gasteiger partial charge in [0.05, 0.1) is 17.1 Å². The van der Waals surface area contributed by atoms with Gasteiger partial charge in [-0.15, -0.1) is 0 Å². The average molecular weight is 551 g/mol. The van der Waals surface area contributed by atoms with Gasteiger partial charge >= 0.3 is 5.97 Å². The number of amides is 3. The minimum Gasteiger partial charge on any atom is -0.467 e. The Morgan fingerprint density at radius 1 is 1.17 bits per heavy atom. The van der Waals surface area contributed by atoms with E-state index in [4.69, 9.17) is 4.74 Å². The number of rotatable bonds is 9. The molecule has 11 heteroatoms. The number of nitrogens with one attached hydrogen (secondary N) is 4. The SMILES string of the molecule is COC(=O)C(CC1CCCNC1=O)NC(=O)C(CC1CC1)NC(=O)c1cc2ccc(F)c(Br)c2[nH]1. The molecular formula is C24H28BrFN4O5. The van der Waals surface area contributed by atoms with Crippen LogP contribution in [-0.2, 0) is 19.1 Å². The van der Waals surface area contributed by atoms with Gasteiger partial charge in [0.2, 0.25) is 11.8 Å². The summed E-state index contributed by atoms with van der Waals surface area (Å²) in [7, 11) is 1.22. The van der Waals surface area contributed by atoms with Gasteiger partial charge < -0.3 is 25.7 Å². The van der Waals surface area contributed by atoms with Crippen LogP contribution in [-0.4, -0.2) is 54.4 Å². The van der Waals surface area contributed by atoms with Crippen molar-refractivity contribution < 1.29 is 28.3 Å². The number of H-pyrrole nitrogens is 1. The first-order valence-corrected chi connectivity index (χ1v) is 12.5. The Balaban J connectivity index is 1.48. The Bertz CT molecular complexity index is 1150. The van der Waals surface area contributed by atoms with Gasteiger partial charge in [0.1, 0.15) is 23.6 Å². The summed E-state index contributed by atoms with van der Waals surface area (Å²) in [5.74, 6) is -2.39. The van der Waals surface area contributed by atoms with E-state index in [2.05, 4.69) is 36.9 Å². The Kier molecular flexibility index (Phi) is 7.73. The van der Waals surface area contributed by atoms with Gasteiger partial charge in [0.25, 0.3) is 5.91 Å². The van der Waals surface area contributed by atoms with Gasteiger partial charge in [-0.1, -0.05) is 12.8 Å². The molecule has 4 N–H and O–H groups in total. The highest BCUT2D eigenvalue weighted by Gasteiger charge is 2.35. The molecule has 2 aliphatic rings. The summed E-state index contributed by atoms with van der Waals surface area (Å²) in [5, 5.41) is 8.86. The van der Waals surface area contributed by atoms with Crippen LogP contribution >= 0.6 is 15.9 Å². The van der Waals surface area contributed by atoms with Crippen LogP contribution in [0.2, 0.25) is 0 Å². The number of aromatic nitrogens is 1. The van der Waals surface area contributed by atoms with Crippen LogP contribution < -0.4 is 16.0 Å². The highest BCUT2D eigenvalue weighted by Crippen LogP contribution is 2.34. The number of carbonyl (C=O) groups is 4. The molecule has 1 aliphatic heterocycles. The summed E-state index contributed by atoms with van der Waals surface area (Å²) in [5.41, 5.74) is 0.623. The lowest BCUT2D eigenvalue weighted by Crippen LogP contribution is -2.53. The normalized spacial score (nSPS) is 19.5. The van der Waals surface area contributed by atoms with E-state index in [0.29, 0.717) is 36.2 Å². The fraction of sp³-hybridized carbons (Fsp3) is 0.500. The molecule has 1 aromatic heterocycles. The molecule has 4 rings (SSSR count). The highest BCUT2D eigenvalue weighted by molar-refractivity contribution is 9.10. The molecule has 35 heavy (non-hydrogen) atoms. The van der Waals surface area contributed by atoms with Crippen LogP contribution in [0.5, 0.6) is 0 Å². The lowest BCUT2D eigenvalue weighted by molar-refractivity contribution is -0.146. The van der Waals surface area contributed by atoms with Crippen LogP contribution in [0, 0.1) is 17.7 Å². The molecule has 3 unspecified atom stereocenters. The minimum absolute atomic E-state index is 0.121. The van der Waals surface area contributed by atoms with E-state index in [1.807, 2.05) is 0 Å². The van der Waals surface area contributed by atoms with Crippen molar-refractivity contribution in [1.82, 2.24) is 20.9 Å². The van der Waals surface area contributed by atoms with Gasteiger partial charge in [-0.25, -0.2) is 9.18 Å². The first kappa shape index (κ1) is 25.2. The summed E-state index contributed by atoms with van der Waals surface area (Å²) >= 11 is 3.18. The van der Waals surface area contributed by atoms with E-state index >= 15 is 0 Å². The van der Waals surface area contributed by atoms with Gasteiger partial charge in [0.15, 0.2) is 0 Å². The number of fused-ring (bicyclic) bond motifs is 1. The Morgan fingerprint density at radius 2 is 1.94 bits per heavy atom. The van der Waals surface area contributed by atoms with E-state index in [9.17, 15) is 23.6 Å². The first-order chi connectivity index (χ1) is 16.8. The maximum Gasteiger partial charge on any atom is 0.328 e. The molecule has 2 heterocycles. The van der Waals surface area contributed by atoms with Gasteiger partial charge in [-0.2, -0.15) is 0 Å². The molecule has 0 radical (unpaired) electrons. The van der Waals surface area contributed by atoms with Gasteiger partial charge in [-0.05, 0) is 65.7 Å². The minimum atomic E-state index is -1.01. The van der Waals surface area contributed by atoms with Crippen molar-refractivity contribution in [2.75, 3.05) is 13.7 Å². The largest absolute Gasteiger partial charge is 0.467 e. The van der Waals surface area contributed by atoms with Crippen LogP contribution in [0.4, 0.5) is 4.39 Å². The third kappa shape index (κ3) is 6.01. The van der Waals surface area contributed by atoms with Crippen molar-refractivity contribution in [3.8, 4) is 0 Å². The van der Waals surface area contributed by atoms with Crippen LogP contribution in [0.25, 0.3) is 10.9 Å². The quantitative estimate of drug-likeness (QED) is 0.356. The molecule has 1 aliphatic carbocycles. The van der Waals surface area contributed by atoms with E-state index < -0.39 is 41.6 Å². The van der Waals surface area contributed by atoms with E-state index in [1.54, 1.807) is 12.1 Å². The summed E-state index contributed by atoms with van der Waals surface area (Å²) in [6, 6.07) is 2.55. The lowest BCUT2D eigenvalue weighted by Gasteiger charge is -2.27. The Morgan fingerprint density at radius 3 is 2.63 bits per heavy atom. The summed E-state index contributed by atoms with van der Waals surface area (Å²) in [6.45, 7) is 0.594. The third-order valence-corrected chi connectivity index (χ3v) is 7.32. The topological polar surface area (TPSA) is 129 Å². The Hall–Kier alpha value is -2.95. The van der Waals surface area contributed by atoms with Crippen LogP contribution in [0.1, 0.15) is 49.0 Å². The van der Waals surface area contributed by atoms with Crippen molar-refractivity contribution in [3.63, 3.8) is 0 Å². The number of hydrogen-bond acceptors (Lipinski definition) is 5. The number of piperidine rings is 1. The molecule has 0 spiro atoms. The molecule has 0 bridgehead atoms. The van der Waals surface area contributed by atoms with Crippen molar-refractivity contribution in [2.45, 2.75) is 50.6 Å². The molecule has 2 aromatic rings. The zero-order chi connectivity index (χ0) is 25.1. The maximum absolute atomic E-state index is 13.9. The molecule has 9 nitrogen and oxygen atoms in total. The van der Waals surface area contributed by atoms with Crippen molar-refractivity contribution in [1.29, 1.82) is 0 Å². The summed E-state index contributed by atoms with van der Waals surface area (Å²) in [4.78, 5) is 53.6. The number of aromatic amines is 1. The number of methoxy groups -OCH3 is 1. The number of benzene rings is 1. The van der Waals surface area contributed by atoms with Gasteiger partial charge in [0, 0.05) is 17.8 Å². The fourth-order valence-corrected chi connectivity index (χ4v) is 4.85. The molecule has 2 fully saturated rings. The zero-order valence-corrected chi connectivity index (χ0v) is 20.9. The second-order valence-corrected chi connectivity index (χ2v) is 9.96. The summed E-state index contributed by atoms with van der Waals surface area (Å²) < 4.78 is 18.9. The smallest absolute Gasteiger partial charge is 0.328 e. The molecule has 3 atom stereocenters. The number of hydrogen-bond donors (Lipinski definition) is 4. The maximum atomic E-state index is 13.9. The first-order valence-electron chi connectivity index (χ1n) is 11.7. The second-order valence-electron chi connectivity index (χ2n) is 9.16. The fourth-order valence-electron chi connectivity index (χ4n) is 4.39. The second kappa shape index (κ2) is 10.8. The van der Waals surface area contributed by atoms with Gasteiger partial charge in [-0.3, -0.25) is 14.4 Å². The number of halogens is 2. The van der Waals surface area contributed by atoms with Crippen LogP contribution in [0.15, 0.2) is 22.7 Å². The number of ether oxygens (including phenoxy) is 1. The van der Waals surface area contributed by atoms with Crippen LogP contribution in [0.3, 0.4) is 0 Å². The molecule has 1 aromatic carbocycles. The lowest BCUT2D eigenvalue weighted by atomic mass is 9.91. The predicted octanol–water partition coefficient (Wildman–Crippen LogP) is 2.54. The molecule has 1 saturated heterocycles. The van der Waals surface area contributed by atoms with E-state index in [-0.39, 0.29) is 22.5 Å². The predicted molar refractivity (Wildman–Crippen MR) is 129 cm³/mol. The standard InChI is InChI=1S/C24H28BrFN4O5/c1-35-24(34)18(11-14-3-2-8-27-21(14)31)30-22(32)16(9-12-4-5-12)29-23(33)17-10-13-6-7-15(26)19(25)20(13)28-17/h6-7,10,12,14,16,18,28H,2-5,8-9,11H2,1H3,(H,27,31)(H,29,33)(H,30,32). The molecule has 3 amide bonds.